The van der Waals surface area contributed by atoms with Crippen LogP contribution in [0, 0.1) is 12.3 Å². The second-order valence-electron chi connectivity index (χ2n) is 6.23. The molecule has 0 spiro atoms. The molecule has 0 aliphatic heterocycles. The van der Waals surface area contributed by atoms with Gasteiger partial charge < -0.3 is 10.3 Å². The number of hydrogen-bond donors (Lipinski definition) is 1. The number of nitrogens with zero attached hydrogens (tertiary/aromatic N) is 2. The standard InChI is InChI=1S/C14H27N3O/c1-7-12(15)13(14(3,4)5)17(6)9-11-8-10(2)18-16-11/h8,12-13H,7,9,15H2,1-6H3. The first-order chi connectivity index (χ1) is 8.25. The van der Waals surface area contributed by atoms with Crippen LogP contribution in [0.2, 0.25) is 0 Å². The molecule has 0 amide bonds. The molecule has 4 heteroatoms. The summed E-state index contributed by atoms with van der Waals surface area (Å²) in [5.41, 5.74) is 7.38. The molecule has 2 N–H and O–H groups in total. The van der Waals surface area contributed by atoms with Crippen LogP contribution in [0.15, 0.2) is 10.6 Å². The first kappa shape index (κ1) is 15.2. The minimum atomic E-state index is 0.142. The van der Waals surface area contributed by atoms with Gasteiger partial charge in [-0.1, -0.05) is 32.9 Å². The number of rotatable bonds is 5. The summed E-state index contributed by atoms with van der Waals surface area (Å²) in [6.45, 7) is 11.5. The first-order valence-corrected chi connectivity index (χ1v) is 6.63. The third-order valence-corrected chi connectivity index (χ3v) is 3.33. The minimum Gasteiger partial charge on any atom is -0.361 e. The molecule has 0 bridgehead atoms. The van der Waals surface area contributed by atoms with Crippen molar-refractivity contribution in [2.75, 3.05) is 7.05 Å². The number of hydrogen-bond acceptors (Lipinski definition) is 4. The normalized spacial score (nSPS) is 16.0. The molecule has 18 heavy (non-hydrogen) atoms. The summed E-state index contributed by atoms with van der Waals surface area (Å²) in [5, 5.41) is 4.05. The highest BCUT2D eigenvalue weighted by Crippen LogP contribution is 2.27. The van der Waals surface area contributed by atoms with Crippen LogP contribution in [0.3, 0.4) is 0 Å². The van der Waals surface area contributed by atoms with Gasteiger partial charge in [-0.05, 0) is 25.8 Å². The predicted molar refractivity (Wildman–Crippen MR) is 74.2 cm³/mol. The van der Waals surface area contributed by atoms with Crippen molar-refractivity contribution in [3.8, 4) is 0 Å². The highest BCUT2D eigenvalue weighted by molar-refractivity contribution is 5.04. The number of likely N-dealkylation sites (N-methyl/N-ethyl adjacent to an activating group) is 1. The van der Waals surface area contributed by atoms with Gasteiger partial charge in [-0.2, -0.15) is 0 Å². The second kappa shape index (κ2) is 5.85. The van der Waals surface area contributed by atoms with Gasteiger partial charge in [0.15, 0.2) is 0 Å². The Hall–Kier alpha value is -0.870. The molecule has 1 aromatic heterocycles. The molecule has 2 atom stereocenters. The van der Waals surface area contributed by atoms with Crippen molar-refractivity contribution in [3.05, 3.63) is 17.5 Å². The molecule has 1 rings (SSSR count). The second-order valence-corrected chi connectivity index (χ2v) is 6.23. The van der Waals surface area contributed by atoms with Crippen LogP contribution in [0.4, 0.5) is 0 Å². The summed E-state index contributed by atoms with van der Waals surface area (Å²) >= 11 is 0. The van der Waals surface area contributed by atoms with Crippen molar-refractivity contribution in [1.29, 1.82) is 0 Å². The van der Waals surface area contributed by atoms with Crippen molar-refractivity contribution >= 4 is 0 Å². The quantitative estimate of drug-likeness (QED) is 0.876. The van der Waals surface area contributed by atoms with E-state index in [-0.39, 0.29) is 11.5 Å². The number of aromatic nitrogens is 1. The number of aryl methyl sites for hydroxylation is 1. The molecule has 0 fully saturated rings. The maximum absolute atomic E-state index is 6.28. The lowest BCUT2D eigenvalue weighted by Crippen LogP contribution is -2.52. The summed E-state index contributed by atoms with van der Waals surface area (Å²) in [6.07, 6.45) is 0.976. The smallest absolute Gasteiger partial charge is 0.133 e. The van der Waals surface area contributed by atoms with Crippen molar-refractivity contribution in [2.45, 2.75) is 59.7 Å². The van der Waals surface area contributed by atoms with Crippen LogP contribution >= 0.6 is 0 Å². The lowest BCUT2D eigenvalue weighted by molar-refractivity contribution is 0.0919. The van der Waals surface area contributed by atoms with E-state index in [9.17, 15) is 0 Å². The van der Waals surface area contributed by atoms with E-state index in [2.05, 4.69) is 44.8 Å². The molecule has 0 aliphatic carbocycles. The van der Waals surface area contributed by atoms with Gasteiger partial charge in [0.2, 0.25) is 0 Å². The molecule has 104 valence electrons. The van der Waals surface area contributed by atoms with Crippen LogP contribution in [0.5, 0.6) is 0 Å². The van der Waals surface area contributed by atoms with Gasteiger partial charge in [0, 0.05) is 24.7 Å². The molecular formula is C14H27N3O. The zero-order valence-corrected chi connectivity index (χ0v) is 12.5. The fourth-order valence-corrected chi connectivity index (χ4v) is 2.70. The Labute approximate surface area is 111 Å². The van der Waals surface area contributed by atoms with E-state index in [4.69, 9.17) is 10.3 Å². The van der Waals surface area contributed by atoms with Gasteiger partial charge in [-0.15, -0.1) is 0 Å². The van der Waals surface area contributed by atoms with E-state index in [1.807, 2.05) is 13.0 Å². The zero-order valence-electron chi connectivity index (χ0n) is 12.5. The average molecular weight is 253 g/mol. The Balaban J connectivity index is 2.79. The molecule has 0 saturated carbocycles. The summed E-state index contributed by atoms with van der Waals surface area (Å²) < 4.78 is 5.11. The van der Waals surface area contributed by atoms with Gasteiger partial charge in [-0.25, -0.2) is 0 Å². The van der Waals surface area contributed by atoms with Crippen LogP contribution in [-0.4, -0.2) is 29.2 Å². The van der Waals surface area contributed by atoms with Gasteiger partial charge in [0.1, 0.15) is 5.76 Å². The number of nitrogens with two attached hydrogens (primary N) is 1. The highest BCUT2D eigenvalue weighted by atomic mass is 16.5. The van der Waals surface area contributed by atoms with Crippen molar-refractivity contribution in [3.63, 3.8) is 0 Å². The summed E-state index contributed by atoms with van der Waals surface area (Å²) in [7, 11) is 2.11. The molecule has 0 aromatic carbocycles. The fraction of sp³-hybridized carbons (Fsp3) is 0.786. The van der Waals surface area contributed by atoms with E-state index in [1.165, 1.54) is 0 Å². The third kappa shape index (κ3) is 3.82. The lowest BCUT2D eigenvalue weighted by Gasteiger charge is -2.41. The maximum Gasteiger partial charge on any atom is 0.133 e. The SMILES string of the molecule is CCC(N)C(N(C)Cc1cc(C)on1)C(C)(C)C. The third-order valence-electron chi connectivity index (χ3n) is 3.33. The summed E-state index contributed by atoms with van der Waals surface area (Å²) in [6, 6.07) is 2.47. The Morgan fingerprint density at radius 1 is 1.44 bits per heavy atom. The van der Waals surface area contributed by atoms with Crippen LogP contribution in [0.1, 0.15) is 45.6 Å². The Morgan fingerprint density at radius 3 is 2.44 bits per heavy atom. The summed E-state index contributed by atoms with van der Waals surface area (Å²) in [4.78, 5) is 2.28. The van der Waals surface area contributed by atoms with Crippen molar-refractivity contribution in [1.82, 2.24) is 10.1 Å². The van der Waals surface area contributed by atoms with E-state index in [0.29, 0.717) is 6.04 Å². The van der Waals surface area contributed by atoms with E-state index in [0.717, 1.165) is 24.4 Å². The highest BCUT2D eigenvalue weighted by Gasteiger charge is 2.32. The first-order valence-electron chi connectivity index (χ1n) is 6.63. The monoisotopic (exact) mass is 253 g/mol. The Bertz CT molecular complexity index is 367. The van der Waals surface area contributed by atoms with Gasteiger partial charge in [-0.3, -0.25) is 4.90 Å². The predicted octanol–water partition coefficient (Wildman–Crippen LogP) is 2.57. The molecule has 0 saturated heterocycles. The lowest BCUT2D eigenvalue weighted by atomic mass is 9.80. The largest absolute Gasteiger partial charge is 0.361 e. The van der Waals surface area contributed by atoms with Gasteiger partial charge in [0.25, 0.3) is 0 Å². The Morgan fingerprint density at radius 2 is 2.06 bits per heavy atom. The van der Waals surface area contributed by atoms with Crippen LogP contribution < -0.4 is 5.73 Å². The summed E-state index contributed by atoms with van der Waals surface area (Å²) in [5.74, 6) is 0.852. The van der Waals surface area contributed by atoms with Gasteiger partial charge >= 0.3 is 0 Å². The zero-order chi connectivity index (χ0) is 13.9. The molecule has 2 unspecified atom stereocenters. The topological polar surface area (TPSA) is 55.3 Å². The van der Waals surface area contributed by atoms with Gasteiger partial charge in [0.05, 0.1) is 5.69 Å². The van der Waals surface area contributed by atoms with Crippen molar-refractivity contribution < 1.29 is 4.52 Å². The Kier molecular flexibility index (Phi) is 4.93. The van der Waals surface area contributed by atoms with E-state index in [1.54, 1.807) is 0 Å². The molecule has 1 aromatic rings. The molecule has 1 heterocycles. The molecular weight excluding hydrogens is 226 g/mol. The van der Waals surface area contributed by atoms with E-state index < -0.39 is 0 Å². The van der Waals surface area contributed by atoms with Crippen molar-refractivity contribution in [2.24, 2.45) is 11.1 Å². The molecule has 0 aliphatic rings. The maximum atomic E-state index is 6.28. The van der Waals surface area contributed by atoms with E-state index >= 15 is 0 Å². The fourth-order valence-electron chi connectivity index (χ4n) is 2.70. The van der Waals surface area contributed by atoms with Crippen LogP contribution in [0.25, 0.3) is 0 Å². The van der Waals surface area contributed by atoms with Crippen LogP contribution in [-0.2, 0) is 6.54 Å². The molecule has 4 nitrogen and oxygen atoms in total. The minimum absolute atomic E-state index is 0.142. The average Bonchev–Trinajstić information content (AvgIpc) is 2.61. The molecule has 0 radical (unpaired) electrons.